The molecule has 0 saturated heterocycles. The number of hydrogen-bond acceptors (Lipinski definition) is 4. The number of benzene rings is 1. The van der Waals surface area contributed by atoms with E-state index in [0.717, 1.165) is 6.08 Å². The van der Waals surface area contributed by atoms with Gasteiger partial charge in [0, 0.05) is 12.2 Å². The average molecular weight is 247 g/mol. The van der Waals surface area contributed by atoms with Crippen molar-refractivity contribution in [3.63, 3.8) is 0 Å². The fraction of sp³-hybridized carbons (Fsp3) is 0.0833. The Morgan fingerprint density at radius 2 is 2.11 bits per heavy atom. The zero-order valence-corrected chi connectivity index (χ0v) is 9.16. The molecule has 6 nitrogen and oxygen atoms in total. The summed E-state index contributed by atoms with van der Waals surface area (Å²) >= 11 is 0. The summed E-state index contributed by atoms with van der Waals surface area (Å²) in [5.41, 5.74) is 1.39. The summed E-state index contributed by atoms with van der Waals surface area (Å²) in [6, 6.07) is 4.95. The van der Waals surface area contributed by atoms with Gasteiger partial charge in [0.2, 0.25) is 5.89 Å². The number of carboxylic acid groups (broad SMARTS) is 2. The van der Waals surface area contributed by atoms with Gasteiger partial charge in [0.25, 0.3) is 0 Å². The van der Waals surface area contributed by atoms with Crippen LogP contribution in [0.4, 0.5) is 0 Å². The molecule has 1 aromatic heterocycles. The van der Waals surface area contributed by atoms with E-state index in [1.165, 1.54) is 6.08 Å². The number of aliphatic carboxylic acids is 2. The quantitative estimate of drug-likeness (QED) is 0.795. The van der Waals surface area contributed by atoms with Crippen LogP contribution in [-0.2, 0) is 16.0 Å². The van der Waals surface area contributed by atoms with Crippen LogP contribution < -0.4 is 0 Å². The molecule has 2 aromatic rings. The SMILES string of the molecule is O=C(O)/C=C/c1nc2c(CC(=O)O)cccc2o1. The lowest BCUT2D eigenvalue weighted by Crippen LogP contribution is -2.00. The maximum absolute atomic E-state index is 10.7. The fourth-order valence-corrected chi connectivity index (χ4v) is 1.54. The summed E-state index contributed by atoms with van der Waals surface area (Å²) in [4.78, 5) is 25.1. The van der Waals surface area contributed by atoms with E-state index in [9.17, 15) is 9.59 Å². The highest BCUT2D eigenvalue weighted by Crippen LogP contribution is 2.20. The van der Waals surface area contributed by atoms with Crippen LogP contribution in [0.5, 0.6) is 0 Å². The minimum absolute atomic E-state index is 0.130. The van der Waals surface area contributed by atoms with E-state index < -0.39 is 11.9 Å². The van der Waals surface area contributed by atoms with Crippen molar-refractivity contribution >= 4 is 29.1 Å². The number of para-hydroxylation sites is 1. The highest BCUT2D eigenvalue weighted by atomic mass is 16.4. The van der Waals surface area contributed by atoms with Crippen molar-refractivity contribution in [1.82, 2.24) is 4.98 Å². The van der Waals surface area contributed by atoms with Gasteiger partial charge in [0.1, 0.15) is 5.52 Å². The van der Waals surface area contributed by atoms with E-state index in [2.05, 4.69) is 4.98 Å². The predicted molar refractivity (Wildman–Crippen MR) is 62.0 cm³/mol. The maximum atomic E-state index is 10.7. The van der Waals surface area contributed by atoms with Crippen molar-refractivity contribution in [3.05, 3.63) is 35.7 Å². The number of fused-ring (bicyclic) bond motifs is 1. The number of hydrogen-bond donors (Lipinski definition) is 2. The minimum Gasteiger partial charge on any atom is -0.481 e. The van der Waals surface area contributed by atoms with Crippen molar-refractivity contribution in [3.8, 4) is 0 Å². The maximum Gasteiger partial charge on any atom is 0.328 e. The van der Waals surface area contributed by atoms with Gasteiger partial charge in [0.05, 0.1) is 6.42 Å². The molecule has 2 rings (SSSR count). The van der Waals surface area contributed by atoms with Gasteiger partial charge < -0.3 is 14.6 Å². The van der Waals surface area contributed by atoms with Crippen LogP contribution in [0.1, 0.15) is 11.5 Å². The number of rotatable bonds is 4. The molecule has 0 atom stereocenters. The monoisotopic (exact) mass is 247 g/mol. The molecule has 6 heteroatoms. The Bertz CT molecular complexity index is 641. The Hall–Kier alpha value is -2.63. The molecule has 0 bridgehead atoms. The molecule has 0 aliphatic rings. The molecule has 0 radical (unpaired) electrons. The second-order valence-electron chi connectivity index (χ2n) is 3.56. The molecular weight excluding hydrogens is 238 g/mol. The molecule has 0 fully saturated rings. The van der Waals surface area contributed by atoms with Crippen LogP contribution in [0.25, 0.3) is 17.2 Å². The highest BCUT2D eigenvalue weighted by Gasteiger charge is 2.10. The normalized spacial score (nSPS) is 11.1. The molecule has 2 N–H and O–H groups in total. The van der Waals surface area contributed by atoms with E-state index >= 15 is 0 Å². The van der Waals surface area contributed by atoms with E-state index in [4.69, 9.17) is 14.6 Å². The van der Waals surface area contributed by atoms with Gasteiger partial charge in [-0.1, -0.05) is 12.1 Å². The Labute approximate surface area is 101 Å². The lowest BCUT2D eigenvalue weighted by Gasteiger charge is -1.95. The average Bonchev–Trinajstić information content (AvgIpc) is 2.69. The Kier molecular flexibility index (Phi) is 3.09. The first kappa shape index (κ1) is 11.8. The third-order valence-electron chi connectivity index (χ3n) is 2.23. The second kappa shape index (κ2) is 4.70. The number of carbonyl (C=O) groups is 2. The highest BCUT2D eigenvalue weighted by molar-refractivity contribution is 5.86. The van der Waals surface area contributed by atoms with Crippen LogP contribution >= 0.6 is 0 Å². The fourth-order valence-electron chi connectivity index (χ4n) is 1.54. The number of carboxylic acids is 2. The molecule has 0 spiro atoms. The first-order valence-electron chi connectivity index (χ1n) is 5.07. The molecule has 0 unspecified atom stereocenters. The van der Waals surface area contributed by atoms with Gasteiger partial charge in [0.15, 0.2) is 5.58 Å². The third kappa shape index (κ3) is 2.54. The van der Waals surface area contributed by atoms with Gasteiger partial charge in [-0.05, 0) is 11.6 Å². The lowest BCUT2D eigenvalue weighted by molar-refractivity contribution is -0.136. The Morgan fingerprint density at radius 3 is 2.78 bits per heavy atom. The first-order valence-corrected chi connectivity index (χ1v) is 5.07. The van der Waals surface area contributed by atoms with E-state index in [1.807, 2.05) is 0 Å². The van der Waals surface area contributed by atoms with E-state index in [1.54, 1.807) is 18.2 Å². The van der Waals surface area contributed by atoms with E-state index in [-0.39, 0.29) is 12.3 Å². The largest absolute Gasteiger partial charge is 0.481 e. The van der Waals surface area contributed by atoms with Crippen LogP contribution in [0.3, 0.4) is 0 Å². The van der Waals surface area contributed by atoms with E-state index in [0.29, 0.717) is 16.7 Å². The number of nitrogens with zero attached hydrogens (tertiary/aromatic N) is 1. The van der Waals surface area contributed by atoms with Gasteiger partial charge >= 0.3 is 11.9 Å². The van der Waals surface area contributed by atoms with Crippen molar-refractivity contribution in [2.24, 2.45) is 0 Å². The van der Waals surface area contributed by atoms with Gasteiger partial charge in [-0.2, -0.15) is 0 Å². The zero-order valence-electron chi connectivity index (χ0n) is 9.16. The van der Waals surface area contributed by atoms with Crippen LogP contribution in [0, 0.1) is 0 Å². The van der Waals surface area contributed by atoms with Crippen LogP contribution in [-0.4, -0.2) is 27.1 Å². The molecule has 0 amide bonds. The summed E-state index contributed by atoms with van der Waals surface area (Å²) in [5.74, 6) is -1.94. The minimum atomic E-state index is -1.11. The Morgan fingerprint density at radius 1 is 1.33 bits per heavy atom. The van der Waals surface area contributed by atoms with Gasteiger partial charge in [-0.25, -0.2) is 9.78 Å². The zero-order chi connectivity index (χ0) is 13.1. The molecule has 1 aromatic carbocycles. The van der Waals surface area contributed by atoms with Gasteiger partial charge in [-0.3, -0.25) is 4.79 Å². The number of aromatic nitrogens is 1. The summed E-state index contributed by atoms with van der Waals surface area (Å²) < 4.78 is 5.29. The topological polar surface area (TPSA) is 101 Å². The van der Waals surface area contributed by atoms with Crippen molar-refractivity contribution in [2.75, 3.05) is 0 Å². The standard InChI is InChI=1S/C12H9NO5/c14-10(15)5-4-9-13-12-7(6-11(16)17)2-1-3-8(12)18-9/h1-5H,6H2,(H,14,15)(H,16,17)/b5-4+. The third-order valence-corrected chi connectivity index (χ3v) is 2.23. The van der Waals surface area contributed by atoms with Crippen LogP contribution in [0.15, 0.2) is 28.7 Å². The second-order valence-corrected chi connectivity index (χ2v) is 3.56. The summed E-state index contributed by atoms with van der Waals surface area (Å²) in [7, 11) is 0. The Balaban J connectivity index is 2.44. The van der Waals surface area contributed by atoms with Crippen molar-refractivity contribution < 1.29 is 24.2 Å². The lowest BCUT2D eigenvalue weighted by atomic mass is 10.1. The number of oxazole rings is 1. The van der Waals surface area contributed by atoms with Gasteiger partial charge in [-0.15, -0.1) is 0 Å². The summed E-state index contributed by atoms with van der Waals surface area (Å²) in [6.45, 7) is 0. The summed E-state index contributed by atoms with van der Waals surface area (Å²) in [5, 5.41) is 17.2. The molecular formula is C12H9NO5. The summed E-state index contributed by atoms with van der Waals surface area (Å²) in [6.07, 6.45) is 1.96. The smallest absolute Gasteiger partial charge is 0.328 e. The molecule has 0 saturated carbocycles. The predicted octanol–water partition coefficient (Wildman–Crippen LogP) is 1.55. The first-order chi connectivity index (χ1) is 8.56. The van der Waals surface area contributed by atoms with Crippen molar-refractivity contribution in [1.29, 1.82) is 0 Å². The molecule has 18 heavy (non-hydrogen) atoms. The molecule has 92 valence electrons. The molecule has 1 heterocycles. The molecule has 0 aliphatic carbocycles. The molecule has 0 aliphatic heterocycles. The van der Waals surface area contributed by atoms with Crippen molar-refractivity contribution in [2.45, 2.75) is 6.42 Å². The van der Waals surface area contributed by atoms with Crippen LogP contribution in [0.2, 0.25) is 0 Å².